The number of benzene rings is 1. The first kappa shape index (κ1) is 19.4. The average Bonchev–Trinajstić information content (AvgIpc) is 2.98. The summed E-state index contributed by atoms with van der Waals surface area (Å²) in [4.78, 5) is 32.4. The van der Waals surface area contributed by atoms with Gasteiger partial charge in [0.2, 0.25) is 5.91 Å². The van der Waals surface area contributed by atoms with Crippen LogP contribution in [0.15, 0.2) is 23.0 Å². The van der Waals surface area contributed by atoms with Gasteiger partial charge in [-0.25, -0.2) is 4.98 Å². The van der Waals surface area contributed by atoms with Crippen molar-refractivity contribution in [2.24, 2.45) is 5.92 Å². The Hall–Kier alpha value is -1.89. The van der Waals surface area contributed by atoms with Crippen LogP contribution >= 0.6 is 34.5 Å². The number of thiophene rings is 1. The van der Waals surface area contributed by atoms with Crippen LogP contribution in [-0.2, 0) is 24.2 Å². The molecule has 1 aromatic carbocycles. The van der Waals surface area contributed by atoms with Crippen molar-refractivity contribution in [1.29, 1.82) is 0 Å². The van der Waals surface area contributed by atoms with Gasteiger partial charge in [0.05, 0.1) is 16.1 Å². The molecule has 1 atom stereocenters. The predicted octanol–water partition coefficient (Wildman–Crippen LogP) is 4.84. The molecule has 1 N–H and O–H groups in total. The van der Waals surface area contributed by atoms with E-state index < -0.39 is 0 Å². The number of fused-ring (bicyclic) bond motifs is 3. The van der Waals surface area contributed by atoms with Crippen LogP contribution in [0.5, 0.6) is 0 Å². The number of carbonyl (C=O) groups is 1. The zero-order valence-electron chi connectivity index (χ0n) is 15.5. The van der Waals surface area contributed by atoms with Crippen molar-refractivity contribution in [3.63, 3.8) is 0 Å². The van der Waals surface area contributed by atoms with Crippen LogP contribution in [0, 0.1) is 12.8 Å². The van der Waals surface area contributed by atoms with Crippen LogP contribution in [-0.4, -0.2) is 15.5 Å². The van der Waals surface area contributed by atoms with Crippen LogP contribution in [0.1, 0.15) is 29.6 Å². The van der Waals surface area contributed by atoms with E-state index >= 15 is 0 Å². The molecule has 4 rings (SSSR count). The molecule has 0 bridgehead atoms. The van der Waals surface area contributed by atoms with Gasteiger partial charge in [0.25, 0.3) is 5.56 Å². The van der Waals surface area contributed by atoms with Crippen molar-refractivity contribution >= 4 is 56.3 Å². The van der Waals surface area contributed by atoms with Crippen molar-refractivity contribution in [1.82, 2.24) is 9.55 Å². The third kappa shape index (κ3) is 3.56. The second-order valence-corrected chi connectivity index (χ2v) is 9.18. The number of halogens is 2. The summed E-state index contributed by atoms with van der Waals surface area (Å²) in [5.74, 6) is 0.793. The summed E-state index contributed by atoms with van der Waals surface area (Å²) in [5, 5.41) is 4.25. The molecule has 0 saturated heterocycles. The van der Waals surface area contributed by atoms with Crippen molar-refractivity contribution in [2.45, 2.75) is 39.7 Å². The van der Waals surface area contributed by atoms with Crippen LogP contribution in [0.25, 0.3) is 10.2 Å². The van der Waals surface area contributed by atoms with Gasteiger partial charge in [0, 0.05) is 9.90 Å². The molecule has 1 aliphatic carbocycles. The monoisotopic (exact) mass is 435 g/mol. The molecule has 0 aliphatic heterocycles. The third-order valence-corrected chi connectivity index (χ3v) is 6.82. The SMILES string of the molecule is Cc1nc2sc3c(c2c(=O)n1CC(=O)Nc1cc(Cl)ccc1Cl)CCC(C)C3. The largest absolute Gasteiger partial charge is 0.323 e. The maximum absolute atomic E-state index is 13.2. The predicted molar refractivity (Wildman–Crippen MR) is 115 cm³/mol. The minimum atomic E-state index is -0.353. The second kappa shape index (κ2) is 7.50. The van der Waals surface area contributed by atoms with Gasteiger partial charge in [-0.1, -0.05) is 30.1 Å². The number of hydrogen-bond donors (Lipinski definition) is 1. The molecule has 1 aliphatic rings. The van der Waals surface area contributed by atoms with E-state index in [1.165, 1.54) is 9.44 Å². The van der Waals surface area contributed by atoms with Gasteiger partial charge < -0.3 is 5.32 Å². The Morgan fingerprint density at radius 2 is 2.18 bits per heavy atom. The van der Waals surface area contributed by atoms with Gasteiger partial charge in [0.1, 0.15) is 17.2 Å². The number of amides is 1. The van der Waals surface area contributed by atoms with Gasteiger partial charge in [-0.15, -0.1) is 11.3 Å². The van der Waals surface area contributed by atoms with Crippen molar-refractivity contribution in [2.75, 3.05) is 5.32 Å². The lowest BCUT2D eigenvalue weighted by atomic mass is 9.89. The topological polar surface area (TPSA) is 64.0 Å². The van der Waals surface area contributed by atoms with E-state index in [0.29, 0.717) is 32.9 Å². The lowest BCUT2D eigenvalue weighted by Gasteiger charge is -2.17. The molecule has 8 heteroatoms. The summed E-state index contributed by atoms with van der Waals surface area (Å²) in [5.41, 5.74) is 1.38. The van der Waals surface area contributed by atoms with Crippen LogP contribution in [0.2, 0.25) is 10.0 Å². The van der Waals surface area contributed by atoms with Gasteiger partial charge in [0.15, 0.2) is 0 Å². The first-order chi connectivity index (χ1) is 13.3. The summed E-state index contributed by atoms with van der Waals surface area (Å²) < 4.78 is 1.43. The van der Waals surface area contributed by atoms with E-state index in [1.54, 1.807) is 36.5 Å². The highest BCUT2D eigenvalue weighted by Gasteiger charge is 2.24. The summed E-state index contributed by atoms with van der Waals surface area (Å²) in [7, 11) is 0. The number of anilines is 1. The number of nitrogens with one attached hydrogen (secondary N) is 1. The van der Waals surface area contributed by atoms with E-state index in [9.17, 15) is 9.59 Å². The normalized spacial score (nSPS) is 16.2. The Labute approximate surface area is 176 Å². The average molecular weight is 436 g/mol. The van der Waals surface area contributed by atoms with Crippen LogP contribution in [0.3, 0.4) is 0 Å². The Morgan fingerprint density at radius 3 is 2.96 bits per heavy atom. The molecule has 0 spiro atoms. The van der Waals surface area contributed by atoms with Crippen molar-refractivity contribution in [3.05, 3.63) is 54.9 Å². The van der Waals surface area contributed by atoms with E-state index in [4.69, 9.17) is 23.2 Å². The maximum atomic E-state index is 13.2. The molecule has 5 nitrogen and oxygen atoms in total. The Kier molecular flexibility index (Phi) is 5.21. The van der Waals surface area contributed by atoms with Gasteiger partial charge in [-0.05, 0) is 55.9 Å². The Bertz CT molecular complexity index is 1150. The van der Waals surface area contributed by atoms with E-state index in [0.717, 1.165) is 29.7 Å². The Balaban J connectivity index is 1.68. The number of nitrogens with zero attached hydrogens (tertiary/aromatic N) is 2. The molecule has 1 amide bonds. The molecular weight excluding hydrogens is 417 g/mol. The standard InChI is InChI=1S/C20H19Cl2N3O2S/c1-10-3-5-13-16(7-10)28-19-18(13)20(27)25(11(2)23-19)9-17(26)24-15-8-12(21)4-6-14(15)22/h4,6,8,10H,3,5,7,9H2,1-2H3,(H,24,26). The van der Waals surface area contributed by atoms with Gasteiger partial charge in [-0.3, -0.25) is 14.2 Å². The quantitative estimate of drug-likeness (QED) is 0.639. The van der Waals surface area contributed by atoms with Crippen LogP contribution in [0.4, 0.5) is 5.69 Å². The first-order valence-corrected chi connectivity index (χ1v) is 10.7. The molecule has 2 aromatic heterocycles. The van der Waals surface area contributed by atoms with E-state index in [-0.39, 0.29) is 18.0 Å². The second-order valence-electron chi connectivity index (χ2n) is 7.25. The van der Waals surface area contributed by atoms with Crippen LogP contribution < -0.4 is 10.9 Å². The lowest BCUT2D eigenvalue weighted by molar-refractivity contribution is -0.116. The molecule has 0 saturated carbocycles. The first-order valence-electron chi connectivity index (χ1n) is 9.10. The number of hydrogen-bond acceptors (Lipinski definition) is 4. The lowest BCUT2D eigenvalue weighted by Crippen LogP contribution is -2.30. The minimum Gasteiger partial charge on any atom is -0.323 e. The fourth-order valence-electron chi connectivity index (χ4n) is 3.64. The highest BCUT2D eigenvalue weighted by atomic mass is 35.5. The molecule has 146 valence electrons. The third-order valence-electron chi connectivity index (χ3n) is 5.11. The zero-order chi connectivity index (χ0) is 20.0. The highest BCUT2D eigenvalue weighted by Crippen LogP contribution is 2.35. The molecule has 3 aromatic rings. The summed E-state index contributed by atoms with van der Waals surface area (Å²) >= 11 is 13.7. The molecule has 0 radical (unpaired) electrons. The van der Waals surface area contributed by atoms with E-state index in [2.05, 4.69) is 17.2 Å². The number of carbonyl (C=O) groups excluding carboxylic acids is 1. The summed E-state index contributed by atoms with van der Waals surface area (Å²) in [6.45, 7) is 3.86. The number of aryl methyl sites for hydroxylation is 2. The number of aromatic nitrogens is 2. The minimum absolute atomic E-state index is 0.128. The fraction of sp³-hybridized carbons (Fsp3) is 0.350. The molecule has 2 heterocycles. The number of rotatable bonds is 3. The molecule has 0 fully saturated rings. The maximum Gasteiger partial charge on any atom is 0.263 e. The summed E-state index contributed by atoms with van der Waals surface area (Å²) in [6.07, 6.45) is 2.95. The smallest absolute Gasteiger partial charge is 0.263 e. The molecule has 1 unspecified atom stereocenters. The van der Waals surface area contributed by atoms with Gasteiger partial charge >= 0.3 is 0 Å². The highest BCUT2D eigenvalue weighted by molar-refractivity contribution is 7.18. The summed E-state index contributed by atoms with van der Waals surface area (Å²) in [6, 6.07) is 4.84. The van der Waals surface area contributed by atoms with Crippen molar-refractivity contribution < 1.29 is 4.79 Å². The van der Waals surface area contributed by atoms with Crippen molar-refractivity contribution in [3.8, 4) is 0 Å². The van der Waals surface area contributed by atoms with E-state index in [1.807, 2.05) is 0 Å². The Morgan fingerprint density at radius 1 is 1.39 bits per heavy atom. The fourth-order valence-corrected chi connectivity index (χ4v) is 5.39. The molecular formula is C20H19Cl2N3O2S. The zero-order valence-corrected chi connectivity index (χ0v) is 17.8. The molecule has 28 heavy (non-hydrogen) atoms. The van der Waals surface area contributed by atoms with Gasteiger partial charge in [-0.2, -0.15) is 0 Å².